The van der Waals surface area contributed by atoms with E-state index in [1.165, 1.54) is 12.1 Å². The minimum atomic E-state index is -0.324. The summed E-state index contributed by atoms with van der Waals surface area (Å²) in [5.74, 6) is 0.437. The van der Waals surface area contributed by atoms with Crippen LogP contribution in [-0.4, -0.2) is 9.55 Å². The molecule has 4 heteroatoms. The molecule has 0 bridgehead atoms. The third kappa shape index (κ3) is 3.76. The predicted octanol–water partition coefficient (Wildman–Crippen LogP) is 10.1. The highest BCUT2D eigenvalue weighted by Gasteiger charge is 2.23. The molecule has 0 saturated carbocycles. The van der Waals surface area contributed by atoms with Crippen molar-refractivity contribution >= 4 is 33.0 Å². The van der Waals surface area contributed by atoms with E-state index in [1.54, 1.807) is 6.07 Å². The minimum Gasteiger partial charge on any atom is -0.455 e. The lowest BCUT2D eigenvalue weighted by molar-refractivity contribution is 0.618. The second kappa shape index (κ2) is 9.32. The molecule has 0 saturated heterocycles. The van der Waals surface area contributed by atoms with E-state index in [2.05, 4.69) is 77.4 Å². The molecule has 2 heterocycles. The molecule has 41 heavy (non-hydrogen) atoms. The third-order valence-electron chi connectivity index (χ3n) is 7.69. The van der Waals surface area contributed by atoms with Gasteiger partial charge in [0.15, 0.2) is 0 Å². The maximum absolute atomic E-state index is 14.1. The van der Waals surface area contributed by atoms with E-state index in [9.17, 15) is 4.39 Å². The minimum absolute atomic E-state index is 0.324. The van der Waals surface area contributed by atoms with Crippen LogP contribution in [0.25, 0.3) is 72.3 Å². The molecule has 0 aliphatic rings. The Morgan fingerprint density at radius 3 is 1.93 bits per heavy atom. The zero-order valence-corrected chi connectivity index (χ0v) is 22.0. The predicted molar refractivity (Wildman–Crippen MR) is 165 cm³/mol. The highest BCUT2D eigenvalue weighted by Crippen LogP contribution is 2.42. The molecule has 0 N–H and O–H groups in total. The van der Waals surface area contributed by atoms with Crippen LogP contribution in [0, 0.1) is 5.82 Å². The Hall–Kier alpha value is -5.48. The molecule has 0 atom stereocenters. The maximum Gasteiger partial charge on any atom is 0.149 e. The fraction of sp³-hybridized carbons (Fsp3) is 0. The zero-order valence-electron chi connectivity index (χ0n) is 22.0. The van der Waals surface area contributed by atoms with Gasteiger partial charge in [-0.1, -0.05) is 103 Å². The number of benzene rings is 6. The van der Waals surface area contributed by atoms with Gasteiger partial charge in [-0.2, -0.15) is 0 Å². The lowest BCUT2D eigenvalue weighted by atomic mass is 9.95. The molecule has 8 aromatic rings. The topological polar surface area (TPSA) is 31.0 Å². The Morgan fingerprint density at radius 2 is 1.20 bits per heavy atom. The molecule has 0 aliphatic heterocycles. The van der Waals surface area contributed by atoms with Crippen molar-refractivity contribution in [1.29, 1.82) is 0 Å². The van der Waals surface area contributed by atoms with Crippen LogP contribution >= 0.6 is 0 Å². The number of furan rings is 1. The molecule has 2 aromatic heterocycles. The first-order valence-electron chi connectivity index (χ1n) is 13.6. The summed E-state index contributed by atoms with van der Waals surface area (Å²) in [6, 6.07) is 46.3. The van der Waals surface area contributed by atoms with E-state index in [1.807, 2.05) is 48.5 Å². The number of imidazole rings is 1. The van der Waals surface area contributed by atoms with Crippen molar-refractivity contribution in [2.24, 2.45) is 0 Å². The highest BCUT2D eigenvalue weighted by atomic mass is 19.1. The van der Waals surface area contributed by atoms with Gasteiger partial charge in [0.25, 0.3) is 0 Å². The molecule has 0 spiro atoms. The van der Waals surface area contributed by atoms with Gasteiger partial charge < -0.3 is 4.42 Å². The van der Waals surface area contributed by atoms with E-state index in [0.717, 1.165) is 61.1 Å². The lowest BCUT2D eigenvalue weighted by Crippen LogP contribution is -2.03. The van der Waals surface area contributed by atoms with Gasteiger partial charge in [-0.25, -0.2) is 9.37 Å². The quantitative estimate of drug-likeness (QED) is 0.227. The van der Waals surface area contributed by atoms with Gasteiger partial charge in [0.2, 0.25) is 0 Å². The average Bonchev–Trinajstić information content (AvgIpc) is 3.59. The van der Waals surface area contributed by atoms with Crippen molar-refractivity contribution in [3.05, 3.63) is 145 Å². The number of para-hydroxylation sites is 4. The summed E-state index contributed by atoms with van der Waals surface area (Å²) in [4.78, 5) is 5.20. The molecule has 0 aliphatic carbocycles. The molecule has 0 radical (unpaired) electrons. The van der Waals surface area contributed by atoms with Gasteiger partial charge in [-0.15, -0.1) is 0 Å². The van der Waals surface area contributed by atoms with E-state index in [0.29, 0.717) is 11.2 Å². The maximum atomic E-state index is 14.1. The number of nitrogens with zero attached hydrogens (tertiary/aromatic N) is 2. The fourth-order valence-electron chi connectivity index (χ4n) is 5.87. The first-order valence-corrected chi connectivity index (χ1v) is 13.6. The lowest BCUT2D eigenvalue weighted by Gasteiger charge is -2.19. The van der Waals surface area contributed by atoms with E-state index >= 15 is 0 Å². The second-order valence-electron chi connectivity index (χ2n) is 10.1. The van der Waals surface area contributed by atoms with Gasteiger partial charge in [0, 0.05) is 28.0 Å². The largest absolute Gasteiger partial charge is 0.455 e. The van der Waals surface area contributed by atoms with Crippen LogP contribution in [0.3, 0.4) is 0 Å². The van der Waals surface area contributed by atoms with E-state index < -0.39 is 0 Å². The first kappa shape index (κ1) is 23.4. The summed E-state index contributed by atoms with van der Waals surface area (Å²) >= 11 is 0. The third-order valence-corrected chi connectivity index (χ3v) is 7.69. The van der Waals surface area contributed by atoms with Crippen LogP contribution in [-0.2, 0) is 0 Å². The molecule has 6 aromatic carbocycles. The molecule has 0 fully saturated rings. The summed E-state index contributed by atoms with van der Waals surface area (Å²) in [5.41, 5.74) is 9.36. The smallest absolute Gasteiger partial charge is 0.149 e. The van der Waals surface area contributed by atoms with Crippen molar-refractivity contribution in [2.75, 3.05) is 0 Å². The molecule has 3 nitrogen and oxygen atoms in total. The zero-order chi connectivity index (χ0) is 27.3. The SMILES string of the molecule is Fc1ccc2c(c1)oc1c(-c3nc4ccccc4n3-c3c(-c4ccccc4)cccc3-c3ccccc3)cccc12. The molecular weight excluding hydrogens is 507 g/mol. The summed E-state index contributed by atoms with van der Waals surface area (Å²) < 4.78 is 22.7. The van der Waals surface area contributed by atoms with E-state index in [4.69, 9.17) is 9.40 Å². The van der Waals surface area contributed by atoms with Gasteiger partial charge in [-0.3, -0.25) is 4.57 Å². The summed E-state index contributed by atoms with van der Waals surface area (Å²) in [7, 11) is 0. The Bertz CT molecular complexity index is 2150. The second-order valence-corrected chi connectivity index (χ2v) is 10.1. The van der Waals surface area contributed by atoms with Crippen LogP contribution in [0.5, 0.6) is 0 Å². The number of fused-ring (bicyclic) bond motifs is 4. The van der Waals surface area contributed by atoms with Gasteiger partial charge in [0.1, 0.15) is 22.8 Å². The van der Waals surface area contributed by atoms with Crippen LogP contribution in [0.2, 0.25) is 0 Å². The number of rotatable bonds is 4. The van der Waals surface area contributed by atoms with Crippen LogP contribution in [0.4, 0.5) is 4.39 Å². The van der Waals surface area contributed by atoms with E-state index in [-0.39, 0.29) is 5.82 Å². The number of aromatic nitrogens is 2. The van der Waals surface area contributed by atoms with Gasteiger partial charge >= 0.3 is 0 Å². The number of hydrogen-bond acceptors (Lipinski definition) is 2. The Labute approximate surface area is 235 Å². The number of halogens is 1. The normalized spacial score (nSPS) is 11.5. The van der Waals surface area contributed by atoms with Gasteiger partial charge in [-0.05, 0) is 41.5 Å². The van der Waals surface area contributed by atoms with Crippen molar-refractivity contribution in [1.82, 2.24) is 9.55 Å². The Balaban J connectivity index is 1.52. The van der Waals surface area contributed by atoms with Crippen molar-refractivity contribution in [3.63, 3.8) is 0 Å². The average molecular weight is 531 g/mol. The fourth-order valence-corrected chi connectivity index (χ4v) is 5.87. The molecular formula is C37H23FN2O. The summed E-state index contributed by atoms with van der Waals surface area (Å²) in [5, 5.41) is 1.80. The molecule has 8 rings (SSSR count). The molecule has 0 amide bonds. The van der Waals surface area contributed by atoms with Crippen molar-refractivity contribution in [3.8, 4) is 39.3 Å². The molecule has 0 unspecified atom stereocenters. The van der Waals surface area contributed by atoms with Crippen LogP contribution < -0.4 is 0 Å². The van der Waals surface area contributed by atoms with Crippen LogP contribution in [0.1, 0.15) is 0 Å². The first-order chi connectivity index (χ1) is 20.3. The monoisotopic (exact) mass is 530 g/mol. The van der Waals surface area contributed by atoms with Crippen LogP contribution in [0.15, 0.2) is 144 Å². The van der Waals surface area contributed by atoms with Gasteiger partial charge in [0.05, 0.1) is 22.3 Å². The standard InChI is InChI=1S/C37H23FN2O/c38-26-21-22-29-30-17-10-18-31(36(30)41-34(29)23-26)37-39-32-19-7-8-20-33(32)40(37)35-27(24-11-3-1-4-12-24)15-9-16-28(35)25-13-5-2-6-14-25/h1-23H. The molecule has 194 valence electrons. The van der Waals surface area contributed by atoms with Crippen molar-refractivity contribution in [2.45, 2.75) is 0 Å². The van der Waals surface area contributed by atoms with Crippen molar-refractivity contribution < 1.29 is 8.81 Å². The highest BCUT2D eigenvalue weighted by molar-refractivity contribution is 6.09. The Morgan fingerprint density at radius 1 is 0.561 bits per heavy atom. The summed E-state index contributed by atoms with van der Waals surface area (Å²) in [6.45, 7) is 0. The summed E-state index contributed by atoms with van der Waals surface area (Å²) in [6.07, 6.45) is 0. The Kier molecular flexibility index (Phi) is 5.32. The number of hydrogen-bond donors (Lipinski definition) is 0.